The summed E-state index contributed by atoms with van der Waals surface area (Å²) in [5.41, 5.74) is 0. The van der Waals surface area contributed by atoms with Crippen LogP contribution in [0.2, 0.25) is 0 Å². The number of nitrogens with zero attached hydrogens (tertiary/aromatic N) is 3. The Morgan fingerprint density at radius 2 is 1.81 bits per heavy atom. The Kier molecular flexibility index (Phi) is 5.24. The van der Waals surface area contributed by atoms with Gasteiger partial charge in [0.05, 0.1) is 5.92 Å². The number of piperidine rings is 1. The molecule has 2 heterocycles. The van der Waals surface area contributed by atoms with Crippen LogP contribution in [-0.4, -0.2) is 79.3 Å². The van der Waals surface area contributed by atoms with Crippen LogP contribution in [0.25, 0.3) is 0 Å². The molecule has 2 aliphatic rings. The second-order valence-corrected chi connectivity index (χ2v) is 8.07. The predicted octanol–water partition coefficient (Wildman–Crippen LogP) is 0.0538. The molecule has 0 aromatic heterocycles. The number of hydrogen-bond acceptors (Lipinski definition) is 4. The highest BCUT2D eigenvalue weighted by atomic mass is 32.2. The summed E-state index contributed by atoms with van der Waals surface area (Å²) in [4.78, 5) is 13.0. The summed E-state index contributed by atoms with van der Waals surface area (Å²) < 4.78 is 28.5. The van der Waals surface area contributed by atoms with Gasteiger partial charge >= 0.3 is 5.97 Å². The third-order valence-corrected chi connectivity index (χ3v) is 6.42. The summed E-state index contributed by atoms with van der Waals surface area (Å²) >= 11 is 0. The molecule has 0 aromatic rings. The van der Waals surface area contributed by atoms with Crippen LogP contribution in [0.4, 0.5) is 0 Å². The minimum atomic E-state index is -3.46. The first kappa shape index (κ1) is 16.7. The zero-order chi connectivity index (χ0) is 15.6. The number of carboxylic acids is 1. The number of rotatable bonds is 5. The van der Waals surface area contributed by atoms with E-state index in [1.54, 1.807) is 4.31 Å². The van der Waals surface area contributed by atoms with Crippen molar-refractivity contribution in [1.82, 2.24) is 13.5 Å². The lowest BCUT2D eigenvalue weighted by Crippen LogP contribution is -2.51. The van der Waals surface area contributed by atoms with Crippen molar-refractivity contribution in [3.05, 3.63) is 0 Å². The second-order valence-electron chi connectivity index (χ2n) is 6.19. The van der Waals surface area contributed by atoms with Gasteiger partial charge in [0.25, 0.3) is 10.2 Å². The van der Waals surface area contributed by atoms with E-state index in [0.29, 0.717) is 32.5 Å². The van der Waals surface area contributed by atoms with Crippen LogP contribution < -0.4 is 0 Å². The van der Waals surface area contributed by atoms with Crippen LogP contribution >= 0.6 is 0 Å². The predicted molar refractivity (Wildman–Crippen MR) is 79.1 cm³/mol. The van der Waals surface area contributed by atoms with Crippen molar-refractivity contribution in [3.8, 4) is 0 Å². The van der Waals surface area contributed by atoms with Crippen LogP contribution in [0.1, 0.15) is 25.7 Å². The third-order valence-electron chi connectivity index (χ3n) is 4.32. The highest BCUT2D eigenvalue weighted by Gasteiger charge is 2.40. The summed E-state index contributed by atoms with van der Waals surface area (Å²) in [6.07, 6.45) is 2.59. The van der Waals surface area contributed by atoms with E-state index in [9.17, 15) is 13.2 Å². The first-order valence-corrected chi connectivity index (χ1v) is 8.86. The number of carboxylic acid groups (broad SMARTS) is 1. The molecule has 0 saturated carbocycles. The Hall–Kier alpha value is -0.700. The number of carbonyl (C=O) groups is 1. The van der Waals surface area contributed by atoms with Crippen LogP contribution in [0.15, 0.2) is 0 Å². The van der Waals surface area contributed by atoms with Crippen molar-refractivity contribution in [2.75, 3.05) is 40.3 Å². The molecule has 1 unspecified atom stereocenters. The van der Waals surface area contributed by atoms with Gasteiger partial charge in [0.1, 0.15) is 0 Å². The van der Waals surface area contributed by atoms with Crippen molar-refractivity contribution in [1.29, 1.82) is 0 Å². The van der Waals surface area contributed by atoms with Crippen LogP contribution in [0.5, 0.6) is 0 Å². The maximum absolute atomic E-state index is 12.7. The van der Waals surface area contributed by atoms with Crippen molar-refractivity contribution in [3.63, 3.8) is 0 Å². The first-order chi connectivity index (χ1) is 9.82. The molecule has 2 aliphatic heterocycles. The Morgan fingerprint density at radius 3 is 2.33 bits per heavy atom. The molecule has 0 aromatic carbocycles. The van der Waals surface area contributed by atoms with E-state index in [4.69, 9.17) is 5.11 Å². The minimum Gasteiger partial charge on any atom is -0.481 e. The molecule has 0 spiro atoms. The maximum atomic E-state index is 12.7. The van der Waals surface area contributed by atoms with Gasteiger partial charge in [-0.3, -0.25) is 4.79 Å². The normalized spacial score (nSPS) is 26.5. The molecule has 2 fully saturated rings. The molecule has 0 bridgehead atoms. The number of aliphatic carboxylic acids is 1. The number of hydrogen-bond donors (Lipinski definition) is 1. The molecule has 0 amide bonds. The highest BCUT2D eigenvalue weighted by molar-refractivity contribution is 7.86. The van der Waals surface area contributed by atoms with E-state index in [2.05, 4.69) is 0 Å². The molecule has 0 aliphatic carbocycles. The third kappa shape index (κ3) is 3.74. The lowest BCUT2D eigenvalue weighted by molar-refractivity contribution is -0.142. The van der Waals surface area contributed by atoms with Gasteiger partial charge in [0.2, 0.25) is 0 Å². The van der Waals surface area contributed by atoms with Crippen LogP contribution in [0.3, 0.4) is 0 Å². The number of likely N-dealkylation sites (N-methyl/N-ethyl adjacent to an activating group) is 1. The summed E-state index contributed by atoms with van der Waals surface area (Å²) in [6.45, 7) is 1.92. The van der Waals surface area contributed by atoms with Gasteiger partial charge < -0.3 is 10.0 Å². The van der Waals surface area contributed by atoms with Gasteiger partial charge in [-0.15, -0.1) is 0 Å². The molecule has 1 atom stereocenters. The SMILES string of the molecule is CN(C)CC1CCCN1S(=O)(=O)N1CCC(C(=O)O)CC1. The molecule has 0 radical (unpaired) electrons. The molecule has 7 nitrogen and oxygen atoms in total. The molecule has 1 N–H and O–H groups in total. The minimum absolute atomic E-state index is 0.0298. The lowest BCUT2D eigenvalue weighted by Gasteiger charge is -2.35. The van der Waals surface area contributed by atoms with Crippen LogP contribution in [0, 0.1) is 5.92 Å². The van der Waals surface area contributed by atoms with Crippen LogP contribution in [-0.2, 0) is 15.0 Å². The standard InChI is InChI=1S/C13H25N3O4S/c1-14(2)10-12-4-3-7-16(12)21(19,20)15-8-5-11(6-9-15)13(17)18/h11-12H,3-10H2,1-2H3,(H,17,18). The van der Waals surface area contributed by atoms with Gasteiger partial charge in [-0.05, 0) is 39.8 Å². The fourth-order valence-electron chi connectivity index (χ4n) is 3.20. The summed E-state index contributed by atoms with van der Waals surface area (Å²) in [5, 5.41) is 9.00. The Labute approximate surface area is 126 Å². The van der Waals surface area contributed by atoms with Crippen molar-refractivity contribution in [2.45, 2.75) is 31.7 Å². The Bertz CT molecular complexity index is 472. The molecular weight excluding hydrogens is 294 g/mol. The van der Waals surface area contributed by atoms with E-state index in [0.717, 1.165) is 19.4 Å². The van der Waals surface area contributed by atoms with Gasteiger partial charge in [0, 0.05) is 32.2 Å². The first-order valence-electron chi connectivity index (χ1n) is 7.47. The molecule has 21 heavy (non-hydrogen) atoms. The largest absolute Gasteiger partial charge is 0.481 e. The van der Waals surface area contributed by atoms with E-state index >= 15 is 0 Å². The maximum Gasteiger partial charge on any atom is 0.306 e. The highest BCUT2D eigenvalue weighted by Crippen LogP contribution is 2.27. The van der Waals surface area contributed by atoms with Gasteiger partial charge in [-0.25, -0.2) is 0 Å². The fraction of sp³-hybridized carbons (Fsp3) is 0.923. The van der Waals surface area contributed by atoms with Crippen molar-refractivity contribution < 1.29 is 18.3 Å². The monoisotopic (exact) mass is 319 g/mol. The average Bonchev–Trinajstić information content (AvgIpc) is 2.86. The van der Waals surface area contributed by atoms with Gasteiger partial charge in [-0.1, -0.05) is 0 Å². The molecular formula is C13H25N3O4S. The van der Waals surface area contributed by atoms with E-state index in [1.165, 1.54) is 4.31 Å². The van der Waals surface area contributed by atoms with Gasteiger partial charge in [-0.2, -0.15) is 17.0 Å². The van der Waals surface area contributed by atoms with Crippen molar-refractivity contribution in [2.24, 2.45) is 5.92 Å². The Balaban J connectivity index is 2.03. The zero-order valence-electron chi connectivity index (χ0n) is 12.7. The summed E-state index contributed by atoms with van der Waals surface area (Å²) in [7, 11) is 0.433. The molecule has 2 rings (SSSR count). The van der Waals surface area contributed by atoms with E-state index in [1.807, 2.05) is 19.0 Å². The zero-order valence-corrected chi connectivity index (χ0v) is 13.5. The second kappa shape index (κ2) is 6.60. The van der Waals surface area contributed by atoms with E-state index < -0.39 is 22.1 Å². The molecule has 2 saturated heterocycles. The summed E-state index contributed by atoms with van der Waals surface area (Å²) in [5.74, 6) is -1.23. The fourth-order valence-corrected chi connectivity index (χ4v) is 5.08. The summed E-state index contributed by atoms with van der Waals surface area (Å²) in [6, 6.07) is 0.0298. The Morgan fingerprint density at radius 1 is 1.19 bits per heavy atom. The lowest BCUT2D eigenvalue weighted by atomic mass is 9.99. The van der Waals surface area contributed by atoms with E-state index in [-0.39, 0.29) is 6.04 Å². The smallest absolute Gasteiger partial charge is 0.306 e. The van der Waals surface area contributed by atoms with Gasteiger partial charge in [0.15, 0.2) is 0 Å². The molecule has 8 heteroatoms. The van der Waals surface area contributed by atoms with Crippen molar-refractivity contribution >= 4 is 16.2 Å². The average molecular weight is 319 g/mol. The topological polar surface area (TPSA) is 81.2 Å². The molecule has 122 valence electrons. The quantitative estimate of drug-likeness (QED) is 0.774.